The van der Waals surface area contributed by atoms with E-state index in [1.807, 2.05) is 0 Å². The fourth-order valence-corrected chi connectivity index (χ4v) is 8.59. The third-order valence-corrected chi connectivity index (χ3v) is 11.3. The molecule has 0 amide bonds. The van der Waals surface area contributed by atoms with Crippen LogP contribution in [0.2, 0.25) is 0 Å². The Labute approximate surface area is 335 Å². The molecule has 1 aliphatic rings. The van der Waals surface area contributed by atoms with E-state index in [0.717, 1.165) is 29.9 Å². The number of anilines is 3. The molecule has 10 rings (SSSR count). The van der Waals surface area contributed by atoms with Gasteiger partial charge in [-0.05, 0) is 132 Å². The van der Waals surface area contributed by atoms with E-state index in [1.165, 1.54) is 77.2 Å². The number of para-hydroxylation sites is 1. The van der Waals surface area contributed by atoms with Crippen LogP contribution in [-0.2, 0) is 0 Å². The molecule has 0 saturated carbocycles. The van der Waals surface area contributed by atoms with Crippen LogP contribution >= 0.6 is 0 Å². The van der Waals surface area contributed by atoms with Crippen LogP contribution in [0.3, 0.4) is 0 Å². The molecule has 1 heteroatoms. The van der Waals surface area contributed by atoms with Crippen LogP contribution in [0.1, 0.15) is 18.4 Å². The van der Waals surface area contributed by atoms with Gasteiger partial charge < -0.3 is 4.90 Å². The average molecular weight is 728 g/mol. The lowest BCUT2D eigenvalue weighted by atomic mass is 9.82. The van der Waals surface area contributed by atoms with Crippen molar-refractivity contribution in [2.45, 2.75) is 12.8 Å². The molecule has 0 radical (unpaired) electrons. The first kappa shape index (κ1) is 34.3. The topological polar surface area (TPSA) is 3.24 Å². The number of hydrogen-bond donors (Lipinski definition) is 0. The second-order valence-electron chi connectivity index (χ2n) is 14.7. The van der Waals surface area contributed by atoms with Crippen molar-refractivity contribution in [1.29, 1.82) is 0 Å². The number of fused-ring (bicyclic) bond motifs is 2. The molecule has 1 aliphatic carbocycles. The number of benzene rings is 9. The van der Waals surface area contributed by atoms with Crippen molar-refractivity contribution in [1.82, 2.24) is 0 Å². The SMILES string of the molecule is C1=CC(c2ccc(-c3ccccc3)c(-c3c4ccccc4c(-c4ccc(N(c5ccccc5)c5ccc(-c6ccccc6)cc5)cc4)c4ccccc34)c2)=CCC1. The highest BCUT2D eigenvalue weighted by Crippen LogP contribution is 2.47. The third kappa shape index (κ3) is 6.54. The van der Waals surface area contributed by atoms with E-state index in [2.05, 4.69) is 229 Å². The molecule has 0 fully saturated rings. The summed E-state index contributed by atoms with van der Waals surface area (Å²) in [7, 11) is 0. The van der Waals surface area contributed by atoms with Crippen LogP contribution in [0.5, 0.6) is 0 Å². The Balaban J connectivity index is 1.13. The van der Waals surface area contributed by atoms with Gasteiger partial charge in [-0.15, -0.1) is 0 Å². The van der Waals surface area contributed by atoms with Gasteiger partial charge in [0.1, 0.15) is 0 Å². The van der Waals surface area contributed by atoms with Gasteiger partial charge in [0.05, 0.1) is 0 Å². The zero-order valence-electron chi connectivity index (χ0n) is 31.7. The monoisotopic (exact) mass is 727 g/mol. The molecule has 57 heavy (non-hydrogen) atoms. The van der Waals surface area contributed by atoms with Gasteiger partial charge in [0, 0.05) is 17.1 Å². The summed E-state index contributed by atoms with van der Waals surface area (Å²) in [4.78, 5) is 2.34. The molecule has 0 N–H and O–H groups in total. The Kier molecular flexibility index (Phi) is 9.10. The van der Waals surface area contributed by atoms with Crippen molar-refractivity contribution >= 4 is 44.2 Å². The largest absolute Gasteiger partial charge is 0.311 e. The zero-order chi connectivity index (χ0) is 38.0. The predicted molar refractivity (Wildman–Crippen MR) is 244 cm³/mol. The lowest BCUT2D eigenvalue weighted by Gasteiger charge is -2.26. The maximum atomic E-state index is 2.43. The number of hydrogen-bond acceptors (Lipinski definition) is 1. The maximum Gasteiger partial charge on any atom is 0.0462 e. The first-order valence-electron chi connectivity index (χ1n) is 19.9. The number of nitrogens with zero attached hydrogens (tertiary/aromatic N) is 1. The second kappa shape index (κ2) is 15.1. The van der Waals surface area contributed by atoms with E-state index in [1.54, 1.807) is 0 Å². The molecule has 270 valence electrons. The molecule has 0 heterocycles. The number of allylic oxidation sites excluding steroid dienone is 4. The van der Waals surface area contributed by atoms with Crippen molar-refractivity contribution in [3.8, 4) is 44.5 Å². The minimum absolute atomic E-state index is 1.07. The molecule has 9 aromatic carbocycles. The van der Waals surface area contributed by atoms with E-state index in [-0.39, 0.29) is 0 Å². The van der Waals surface area contributed by atoms with E-state index in [0.29, 0.717) is 0 Å². The maximum absolute atomic E-state index is 2.43. The van der Waals surface area contributed by atoms with Crippen LogP contribution in [-0.4, -0.2) is 0 Å². The molecule has 0 aliphatic heterocycles. The summed E-state index contributed by atoms with van der Waals surface area (Å²) in [5, 5.41) is 5.00. The van der Waals surface area contributed by atoms with E-state index >= 15 is 0 Å². The standard InChI is InChI=1S/C56H41N/c1-5-17-40(18-6-1)42-29-34-47(35-30-42)57(46-23-11-4-12-24-46)48-36-31-44(32-37-48)55-50-25-13-15-27-52(50)56(53-28-16-14-26-51(53)55)54-39-45(41-19-7-2-8-20-41)33-38-49(54)43-21-9-3-10-22-43/h1,3-7,9-39H,2,8H2. The highest BCUT2D eigenvalue weighted by atomic mass is 15.1. The molecule has 1 nitrogen and oxygen atoms in total. The lowest BCUT2D eigenvalue weighted by molar-refractivity contribution is 1.04. The van der Waals surface area contributed by atoms with Crippen molar-refractivity contribution in [2.24, 2.45) is 0 Å². The van der Waals surface area contributed by atoms with Crippen LogP contribution in [0.4, 0.5) is 17.1 Å². The Bertz CT molecular complexity index is 2850. The molecule has 0 spiro atoms. The molecule has 0 bridgehead atoms. The summed E-state index contributed by atoms with van der Waals surface area (Å²) in [6, 6.07) is 75.1. The van der Waals surface area contributed by atoms with E-state index in [4.69, 9.17) is 0 Å². The lowest BCUT2D eigenvalue weighted by Crippen LogP contribution is -2.09. The molecular formula is C56H41N. The first-order chi connectivity index (χ1) is 28.3. The summed E-state index contributed by atoms with van der Waals surface area (Å²) in [6.07, 6.45) is 9.13. The molecule has 0 aromatic heterocycles. The molecular weight excluding hydrogens is 687 g/mol. The van der Waals surface area contributed by atoms with Crippen LogP contribution in [0.25, 0.3) is 71.6 Å². The minimum Gasteiger partial charge on any atom is -0.311 e. The average Bonchev–Trinajstić information content (AvgIpc) is 3.30. The van der Waals surface area contributed by atoms with Gasteiger partial charge in [-0.1, -0.05) is 182 Å². The Morgan fingerprint density at radius 2 is 0.772 bits per heavy atom. The third-order valence-electron chi connectivity index (χ3n) is 11.3. The highest BCUT2D eigenvalue weighted by Gasteiger charge is 2.21. The fraction of sp³-hybridized carbons (Fsp3) is 0.0357. The summed E-state index contributed by atoms with van der Waals surface area (Å²) < 4.78 is 0. The summed E-state index contributed by atoms with van der Waals surface area (Å²) in [6.45, 7) is 0. The minimum atomic E-state index is 1.07. The highest BCUT2D eigenvalue weighted by molar-refractivity contribution is 6.22. The fourth-order valence-electron chi connectivity index (χ4n) is 8.59. The van der Waals surface area contributed by atoms with Crippen molar-refractivity contribution in [2.75, 3.05) is 4.90 Å². The second-order valence-corrected chi connectivity index (χ2v) is 14.7. The first-order valence-corrected chi connectivity index (χ1v) is 19.9. The van der Waals surface area contributed by atoms with Crippen LogP contribution < -0.4 is 4.90 Å². The van der Waals surface area contributed by atoms with E-state index in [9.17, 15) is 0 Å². The van der Waals surface area contributed by atoms with Gasteiger partial charge in [-0.25, -0.2) is 0 Å². The molecule has 0 saturated heterocycles. The Hall–Kier alpha value is -7.22. The van der Waals surface area contributed by atoms with Gasteiger partial charge in [0.25, 0.3) is 0 Å². The van der Waals surface area contributed by atoms with Crippen molar-refractivity contribution in [3.63, 3.8) is 0 Å². The van der Waals surface area contributed by atoms with E-state index < -0.39 is 0 Å². The normalized spacial score (nSPS) is 12.5. The Morgan fingerprint density at radius 3 is 1.33 bits per heavy atom. The van der Waals surface area contributed by atoms with Gasteiger partial charge in [-0.2, -0.15) is 0 Å². The predicted octanol–water partition coefficient (Wildman–Crippen LogP) is 15.9. The zero-order valence-corrected chi connectivity index (χ0v) is 31.7. The van der Waals surface area contributed by atoms with Gasteiger partial charge in [0.15, 0.2) is 0 Å². The summed E-state index contributed by atoms with van der Waals surface area (Å²) in [5.41, 5.74) is 15.8. The van der Waals surface area contributed by atoms with Crippen LogP contribution in [0, 0.1) is 0 Å². The van der Waals surface area contributed by atoms with Gasteiger partial charge in [0.2, 0.25) is 0 Å². The molecule has 9 aromatic rings. The number of rotatable bonds is 8. The Morgan fingerprint density at radius 1 is 0.316 bits per heavy atom. The quantitative estimate of drug-likeness (QED) is 0.141. The van der Waals surface area contributed by atoms with Crippen molar-refractivity contribution in [3.05, 3.63) is 230 Å². The molecule has 0 atom stereocenters. The van der Waals surface area contributed by atoms with Gasteiger partial charge >= 0.3 is 0 Å². The van der Waals surface area contributed by atoms with Crippen molar-refractivity contribution < 1.29 is 0 Å². The van der Waals surface area contributed by atoms with Crippen LogP contribution in [0.15, 0.2) is 224 Å². The van der Waals surface area contributed by atoms with Gasteiger partial charge in [-0.3, -0.25) is 0 Å². The smallest absolute Gasteiger partial charge is 0.0462 e. The molecule has 0 unspecified atom stereocenters. The summed E-state index contributed by atoms with van der Waals surface area (Å²) >= 11 is 0. The summed E-state index contributed by atoms with van der Waals surface area (Å²) in [5.74, 6) is 0.